The number of hydrogen-bond acceptors (Lipinski definition) is 5. The van der Waals surface area contributed by atoms with E-state index in [2.05, 4.69) is 15.3 Å². The molecule has 180 valence electrons. The predicted molar refractivity (Wildman–Crippen MR) is 135 cm³/mol. The second-order valence-electron chi connectivity index (χ2n) is 8.53. The van der Waals surface area contributed by atoms with Crippen molar-refractivity contribution in [2.45, 2.75) is 38.9 Å². The number of fused-ring (bicyclic) bond motifs is 1. The Bertz CT molecular complexity index is 1290. The van der Waals surface area contributed by atoms with E-state index < -0.39 is 6.04 Å². The van der Waals surface area contributed by atoms with Crippen molar-refractivity contribution in [1.29, 1.82) is 0 Å². The number of aromatic nitrogens is 3. The van der Waals surface area contributed by atoms with Crippen LogP contribution in [0, 0.1) is 0 Å². The van der Waals surface area contributed by atoms with Gasteiger partial charge >= 0.3 is 0 Å². The van der Waals surface area contributed by atoms with Gasteiger partial charge in [-0.25, -0.2) is 9.97 Å². The molecule has 1 atom stereocenters. The molecule has 35 heavy (non-hydrogen) atoms. The summed E-state index contributed by atoms with van der Waals surface area (Å²) in [6.07, 6.45) is 3.61. The zero-order valence-corrected chi connectivity index (χ0v) is 20.1. The lowest BCUT2D eigenvalue weighted by Crippen LogP contribution is -2.52. The van der Waals surface area contributed by atoms with E-state index in [9.17, 15) is 9.59 Å². The highest BCUT2D eigenvalue weighted by molar-refractivity contribution is 5.99. The maximum Gasteiger partial charge on any atom is 0.250 e. The molecule has 2 amide bonds. The third-order valence-corrected chi connectivity index (χ3v) is 5.72. The largest absolute Gasteiger partial charge is 0.481 e. The van der Waals surface area contributed by atoms with E-state index in [1.165, 1.54) is 0 Å². The first-order valence-electron chi connectivity index (χ1n) is 11.5. The molecule has 4 aromatic rings. The highest BCUT2D eigenvalue weighted by atomic mass is 16.5. The number of benzene rings is 2. The van der Waals surface area contributed by atoms with Crippen molar-refractivity contribution in [3.05, 3.63) is 84.8 Å². The fourth-order valence-corrected chi connectivity index (χ4v) is 4.06. The van der Waals surface area contributed by atoms with Crippen LogP contribution in [0.3, 0.4) is 0 Å². The Morgan fingerprint density at radius 3 is 2.43 bits per heavy atom. The van der Waals surface area contributed by atoms with E-state index >= 15 is 0 Å². The molecule has 0 saturated heterocycles. The Morgan fingerprint density at radius 2 is 1.74 bits per heavy atom. The molecule has 8 heteroatoms. The van der Waals surface area contributed by atoms with Gasteiger partial charge in [0.1, 0.15) is 12.6 Å². The van der Waals surface area contributed by atoms with Gasteiger partial charge in [-0.05, 0) is 37.6 Å². The zero-order valence-electron chi connectivity index (χ0n) is 20.1. The highest BCUT2D eigenvalue weighted by Crippen LogP contribution is 2.21. The molecule has 0 saturated carbocycles. The van der Waals surface area contributed by atoms with Gasteiger partial charge in [-0.15, -0.1) is 0 Å². The summed E-state index contributed by atoms with van der Waals surface area (Å²) >= 11 is 0. The van der Waals surface area contributed by atoms with E-state index in [0.717, 1.165) is 16.6 Å². The van der Waals surface area contributed by atoms with Gasteiger partial charge in [0, 0.05) is 18.5 Å². The normalized spacial score (nSPS) is 11.9. The molecule has 0 aliphatic rings. The summed E-state index contributed by atoms with van der Waals surface area (Å²) in [5, 5.41) is 2.97. The number of methoxy groups -OCH3 is 1. The maximum atomic E-state index is 13.8. The van der Waals surface area contributed by atoms with Gasteiger partial charge in [0.2, 0.25) is 17.7 Å². The Kier molecular flexibility index (Phi) is 7.40. The summed E-state index contributed by atoms with van der Waals surface area (Å²) in [5.74, 6) is -0.00902. The minimum atomic E-state index is -0.760. The van der Waals surface area contributed by atoms with E-state index in [0.29, 0.717) is 18.0 Å². The third-order valence-electron chi connectivity index (χ3n) is 5.72. The number of amides is 2. The van der Waals surface area contributed by atoms with Crippen molar-refractivity contribution in [2.75, 3.05) is 12.0 Å². The minimum absolute atomic E-state index is 0.0604. The number of nitrogens with zero attached hydrogens (tertiary/aromatic N) is 4. The van der Waals surface area contributed by atoms with Crippen LogP contribution < -0.4 is 15.0 Å². The summed E-state index contributed by atoms with van der Waals surface area (Å²) in [5.41, 5.74) is 3.27. The number of imidazole rings is 1. The molecule has 0 radical (unpaired) electrons. The van der Waals surface area contributed by atoms with Gasteiger partial charge < -0.3 is 19.5 Å². The summed E-state index contributed by atoms with van der Waals surface area (Å²) in [7, 11) is 1.54. The van der Waals surface area contributed by atoms with Crippen LogP contribution in [0.5, 0.6) is 5.88 Å². The first-order valence-corrected chi connectivity index (χ1v) is 11.5. The molecule has 1 unspecified atom stereocenters. The molecule has 2 aromatic carbocycles. The number of anilines is 1. The lowest BCUT2D eigenvalue weighted by molar-refractivity contribution is -0.128. The average Bonchev–Trinajstić information content (AvgIpc) is 3.27. The SMILES string of the molecule is COc1ccc(N(C(=O)C(Cc2ccccc2)NC(=O)Cn2cnc3ccccc32)C(C)C)cn1. The molecule has 0 spiro atoms. The first-order chi connectivity index (χ1) is 17.0. The fourth-order valence-electron chi connectivity index (χ4n) is 4.06. The first kappa shape index (κ1) is 23.9. The van der Waals surface area contributed by atoms with Crippen LogP contribution in [0.25, 0.3) is 11.0 Å². The van der Waals surface area contributed by atoms with Crippen LogP contribution in [0.15, 0.2) is 79.3 Å². The standard InChI is InChI=1S/C27H29N5O3/c1-19(2)32(21-13-14-26(35-3)28-16-21)27(34)23(15-20-9-5-4-6-10-20)30-25(33)17-31-18-29-22-11-7-8-12-24(22)31/h4-14,16,18-19,23H,15,17H2,1-3H3,(H,30,33). The minimum Gasteiger partial charge on any atom is -0.481 e. The van der Waals surface area contributed by atoms with Crippen LogP contribution >= 0.6 is 0 Å². The molecule has 0 aliphatic carbocycles. The molecule has 0 aliphatic heterocycles. The lowest BCUT2D eigenvalue weighted by atomic mass is 10.0. The van der Waals surface area contributed by atoms with E-state index in [-0.39, 0.29) is 24.4 Å². The molecule has 2 heterocycles. The van der Waals surface area contributed by atoms with Crippen molar-refractivity contribution < 1.29 is 14.3 Å². The van der Waals surface area contributed by atoms with Crippen molar-refractivity contribution in [2.24, 2.45) is 0 Å². The molecular weight excluding hydrogens is 442 g/mol. The summed E-state index contributed by atoms with van der Waals surface area (Å²) in [6.45, 7) is 3.92. The molecule has 8 nitrogen and oxygen atoms in total. The van der Waals surface area contributed by atoms with Gasteiger partial charge in [0.15, 0.2) is 0 Å². The predicted octanol–water partition coefficient (Wildman–Crippen LogP) is 3.61. The van der Waals surface area contributed by atoms with Crippen molar-refractivity contribution in [3.8, 4) is 5.88 Å². The number of carbonyl (C=O) groups is 2. The van der Waals surface area contributed by atoms with Crippen molar-refractivity contribution >= 4 is 28.5 Å². The van der Waals surface area contributed by atoms with Crippen LogP contribution in [0.2, 0.25) is 0 Å². The van der Waals surface area contributed by atoms with Crippen molar-refractivity contribution in [3.63, 3.8) is 0 Å². The van der Waals surface area contributed by atoms with Crippen molar-refractivity contribution in [1.82, 2.24) is 19.9 Å². The quantitative estimate of drug-likeness (QED) is 0.403. The number of para-hydroxylation sites is 2. The Labute approximate surface area is 204 Å². The molecule has 1 N–H and O–H groups in total. The summed E-state index contributed by atoms with van der Waals surface area (Å²) < 4.78 is 6.93. The Morgan fingerprint density at radius 1 is 1.00 bits per heavy atom. The van der Waals surface area contributed by atoms with Crippen LogP contribution in [0.4, 0.5) is 5.69 Å². The van der Waals surface area contributed by atoms with Crippen LogP contribution in [-0.4, -0.2) is 45.5 Å². The molecule has 4 rings (SSSR count). The number of pyridine rings is 1. The molecular formula is C27H29N5O3. The second kappa shape index (κ2) is 10.8. The van der Waals surface area contributed by atoms with Crippen LogP contribution in [0.1, 0.15) is 19.4 Å². The summed E-state index contributed by atoms with van der Waals surface area (Å²) in [4.78, 5) is 37.2. The number of ether oxygens (including phenoxy) is 1. The summed E-state index contributed by atoms with van der Waals surface area (Å²) in [6, 6.07) is 19.9. The van der Waals surface area contributed by atoms with E-state index in [1.54, 1.807) is 41.2 Å². The van der Waals surface area contributed by atoms with Gasteiger partial charge in [-0.3, -0.25) is 9.59 Å². The smallest absolute Gasteiger partial charge is 0.250 e. The van der Waals surface area contributed by atoms with Gasteiger partial charge in [-0.2, -0.15) is 0 Å². The highest BCUT2D eigenvalue weighted by Gasteiger charge is 2.29. The average molecular weight is 472 g/mol. The van der Waals surface area contributed by atoms with E-state index in [4.69, 9.17) is 4.74 Å². The maximum absolute atomic E-state index is 13.8. The topological polar surface area (TPSA) is 89.4 Å². The Balaban J connectivity index is 1.59. The third kappa shape index (κ3) is 5.66. The second-order valence-corrected chi connectivity index (χ2v) is 8.53. The number of rotatable bonds is 9. The monoisotopic (exact) mass is 471 g/mol. The fraction of sp³-hybridized carbons (Fsp3) is 0.259. The molecule has 0 fully saturated rings. The van der Waals surface area contributed by atoms with E-state index in [1.807, 2.05) is 68.4 Å². The zero-order chi connectivity index (χ0) is 24.8. The van der Waals surface area contributed by atoms with Gasteiger partial charge in [-0.1, -0.05) is 42.5 Å². The molecule has 0 bridgehead atoms. The van der Waals surface area contributed by atoms with Gasteiger partial charge in [0.05, 0.1) is 36.4 Å². The number of nitrogens with one attached hydrogen (secondary N) is 1. The number of hydrogen-bond donors (Lipinski definition) is 1. The van der Waals surface area contributed by atoms with Gasteiger partial charge in [0.25, 0.3) is 0 Å². The molecule has 2 aromatic heterocycles. The number of carbonyl (C=O) groups excluding carboxylic acids is 2. The lowest BCUT2D eigenvalue weighted by Gasteiger charge is -2.31. The Hall–Kier alpha value is -4.20. The van der Waals surface area contributed by atoms with Crippen LogP contribution in [-0.2, 0) is 22.6 Å².